The van der Waals surface area contributed by atoms with Gasteiger partial charge in [0, 0.05) is 35.6 Å². The number of carbonyl (C=O) groups is 1. The largest absolute Gasteiger partial charge is 0.444 e. The highest BCUT2D eigenvalue weighted by Gasteiger charge is 2.25. The zero-order valence-electron chi connectivity index (χ0n) is 15.2. The molecule has 5 nitrogen and oxygen atoms in total. The molecule has 1 aromatic carbocycles. The third-order valence-corrected chi connectivity index (χ3v) is 4.44. The van der Waals surface area contributed by atoms with Crippen LogP contribution in [0.25, 0.3) is 10.8 Å². The number of ether oxygens (including phenoxy) is 1. The van der Waals surface area contributed by atoms with Crippen LogP contribution in [0.15, 0.2) is 36.7 Å². The second kappa shape index (κ2) is 7.30. The number of hydrogen-bond donors (Lipinski definition) is 2. The van der Waals surface area contributed by atoms with E-state index in [0.717, 1.165) is 36.8 Å². The van der Waals surface area contributed by atoms with Gasteiger partial charge in [0.05, 0.1) is 0 Å². The Morgan fingerprint density at radius 1 is 1.20 bits per heavy atom. The number of nitrogens with one attached hydrogen (secondary N) is 2. The minimum absolute atomic E-state index is 0.147. The lowest BCUT2D eigenvalue weighted by molar-refractivity contribution is 0.0492. The van der Waals surface area contributed by atoms with Crippen LogP contribution < -0.4 is 10.6 Å². The SMILES string of the molecule is CC(C)(C)OC(=O)NC1CCCC(Nc2cccc3ccncc23)C1. The Hall–Kier alpha value is -2.30. The van der Waals surface area contributed by atoms with Crippen LogP contribution in [-0.4, -0.2) is 28.8 Å². The lowest BCUT2D eigenvalue weighted by atomic mass is 9.90. The van der Waals surface area contributed by atoms with Gasteiger partial charge >= 0.3 is 6.09 Å². The molecular weight excluding hydrogens is 314 g/mol. The van der Waals surface area contributed by atoms with E-state index >= 15 is 0 Å². The monoisotopic (exact) mass is 341 g/mol. The number of nitrogens with zero attached hydrogens (tertiary/aromatic N) is 1. The van der Waals surface area contributed by atoms with Crippen molar-refractivity contribution >= 4 is 22.6 Å². The van der Waals surface area contributed by atoms with Crippen LogP contribution >= 0.6 is 0 Å². The Kier molecular flexibility index (Phi) is 5.11. The third-order valence-electron chi connectivity index (χ3n) is 4.44. The first kappa shape index (κ1) is 17.5. The van der Waals surface area contributed by atoms with Crippen LogP contribution in [0.2, 0.25) is 0 Å². The molecule has 2 aromatic rings. The van der Waals surface area contributed by atoms with Crippen molar-refractivity contribution in [1.29, 1.82) is 0 Å². The smallest absolute Gasteiger partial charge is 0.407 e. The summed E-state index contributed by atoms with van der Waals surface area (Å²) in [6, 6.07) is 8.75. The molecule has 2 N–H and O–H groups in total. The number of benzene rings is 1. The Morgan fingerprint density at radius 3 is 2.80 bits per heavy atom. The summed E-state index contributed by atoms with van der Waals surface area (Å²) in [7, 11) is 0. The van der Waals surface area contributed by atoms with E-state index in [9.17, 15) is 4.79 Å². The number of fused-ring (bicyclic) bond motifs is 1. The van der Waals surface area contributed by atoms with Gasteiger partial charge in [-0.25, -0.2) is 4.79 Å². The molecule has 2 unspecified atom stereocenters. The molecule has 1 saturated carbocycles. The molecule has 1 fully saturated rings. The highest BCUT2D eigenvalue weighted by Crippen LogP contribution is 2.27. The molecule has 1 amide bonds. The summed E-state index contributed by atoms with van der Waals surface area (Å²) in [6.45, 7) is 5.64. The van der Waals surface area contributed by atoms with E-state index in [4.69, 9.17) is 4.74 Å². The number of hydrogen-bond acceptors (Lipinski definition) is 4. The summed E-state index contributed by atoms with van der Waals surface area (Å²) in [4.78, 5) is 16.2. The number of aromatic nitrogens is 1. The molecule has 1 aromatic heterocycles. The quantitative estimate of drug-likeness (QED) is 0.864. The first-order valence-corrected chi connectivity index (χ1v) is 8.99. The Balaban J connectivity index is 1.62. The topological polar surface area (TPSA) is 63.2 Å². The molecule has 2 atom stereocenters. The van der Waals surface area contributed by atoms with E-state index < -0.39 is 5.60 Å². The van der Waals surface area contributed by atoms with Crippen molar-refractivity contribution in [2.75, 3.05) is 5.32 Å². The van der Waals surface area contributed by atoms with Gasteiger partial charge in [0.15, 0.2) is 0 Å². The molecule has 0 saturated heterocycles. The zero-order chi connectivity index (χ0) is 17.9. The first-order chi connectivity index (χ1) is 11.9. The van der Waals surface area contributed by atoms with Crippen LogP contribution in [0.3, 0.4) is 0 Å². The molecule has 134 valence electrons. The van der Waals surface area contributed by atoms with E-state index in [0.29, 0.717) is 6.04 Å². The number of carbonyl (C=O) groups excluding carboxylic acids is 1. The van der Waals surface area contributed by atoms with E-state index in [1.165, 1.54) is 5.39 Å². The van der Waals surface area contributed by atoms with Crippen LogP contribution in [0, 0.1) is 0 Å². The number of amides is 1. The highest BCUT2D eigenvalue weighted by molar-refractivity contribution is 5.93. The maximum absolute atomic E-state index is 12.0. The fourth-order valence-electron chi connectivity index (χ4n) is 3.39. The average molecular weight is 341 g/mol. The van der Waals surface area contributed by atoms with Crippen molar-refractivity contribution < 1.29 is 9.53 Å². The predicted octanol–water partition coefficient (Wildman–Crippen LogP) is 4.48. The number of pyridine rings is 1. The summed E-state index contributed by atoms with van der Waals surface area (Å²) in [5.74, 6) is 0. The summed E-state index contributed by atoms with van der Waals surface area (Å²) in [6.07, 6.45) is 7.46. The van der Waals surface area contributed by atoms with Gasteiger partial charge in [0.2, 0.25) is 0 Å². The van der Waals surface area contributed by atoms with Crippen molar-refractivity contribution in [3.05, 3.63) is 36.7 Å². The fourth-order valence-corrected chi connectivity index (χ4v) is 3.39. The summed E-state index contributed by atoms with van der Waals surface area (Å²) in [5, 5.41) is 8.97. The second-order valence-corrected chi connectivity index (χ2v) is 7.75. The van der Waals surface area contributed by atoms with Gasteiger partial charge in [-0.1, -0.05) is 12.1 Å². The number of rotatable bonds is 3. The van der Waals surface area contributed by atoms with Crippen molar-refractivity contribution in [3.8, 4) is 0 Å². The van der Waals surface area contributed by atoms with Gasteiger partial charge < -0.3 is 15.4 Å². The van der Waals surface area contributed by atoms with E-state index in [-0.39, 0.29) is 12.1 Å². The van der Waals surface area contributed by atoms with Crippen LogP contribution in [0.5, 0.6) is 0 Å². The second-order valence-electron chi connectivity index (χ2n) is 7.75. The van der Waals surface area contributed by atoms with Crippen molar-refractivity contribution in [2.24, 2.45) is 0 Å². The summed E-state index contributed by atoms with van der Waals surface area (Å²) in [5.41, 5.74) is 0.639. The maximum atomic E-state index is 12.0. The lowest BCUT2D eigenvalue weighted by Crippen LogP contribution is -2.43. The molecule has 25 heavy (non-hydrogen) atoms. The van der Waals surface area contributed by atoms with E-state index in [2.05, 4.69) is 33.8 Å². The van der Waals surface area contributed by atoms with Gasteiger partial charge in [-0.2, -0.15) is 0 Å². The van der Waals surface area contributed by atoms with E-state index in [1.807, 2.05) is 39.2 Å². The molecular formula is C20H27N3O2. The predicted molar refractivity (Wildman–Crippen MR) is 101 cm³/mol. The molecule has 0 bridgehead atoms. The number of alkyl carbamates (subject to hydrolysis) is 1. The van der Waals surface area contributed by atoms with Crippen LogP contribution in [-0.2, 0) is 4.74 Å². The normalized spacial score (nSPS) is 20.9. The van der Waals surface area contributed by atoms with Crippen LogP contribution in [0.1, 0.15) is 46.5 Å². The zero-order valence-corrected chi connectivity index (χ0v) is 15.2. The Labute approximate surface area is 149 Å². The molecule has 1 aliphatic rings. The Bertz CT molecular complexity index is 734. The molecule has 1 heterocycles. The minimum Gasteiger partial charge on any atom is -0.444 e. The van der Waals surface area contributed by atoms with Crippen molar-refractivity contribution in [1.82, 2.24) is 10.3 Å². The highest BCUT2D eigenvalue weighted by atomic mass is 16.6. The minimum atomic E-state index is -0.466. The lowest BCUT2D eigenvalue weighted by Gasteiger charge is -2.32. The molecule has 0 radical (unpaired) electrons. The van der Waals surface area contributed by atoms with Crippen LogP contribution in [0.4, 0.5) is 10.5 Å². The molecule has 0 aliphatic heterocycles. The standard InChI is InChI=1S/C20H27N3O2/c1-20(2,3)25-19(24)23-16-8-5-7-15(12-16)22-18-9-4-6-14-10-11-21-13-17(14)18/h4,6,9-11,13,15-16,22H,5,7-8,12H2,1-3H3,(H,23,24). The van der Waals surface area contributed by atoms with Gasteiger partial charge in [0.1, 0.15) is 5.60 Å². The van der Waals surface area contributed by atoms with Crippen molar-refractivity contribution in [2.45, 2.75) is 64.1 Å². The summed E-state index contributed by atoms with van der Waals surface area (Å²) < 4.78 is 5.37. The Morgan fingerprint density at radius 2 is 2.00 bits per heavy atom. The van der Waals surface area contributed by atoms with Gasteiger partial charge in [-0.15, -0.1) is 0 Å². The van der Waals surface area contributed by atoms with Gasteiger partial charge in [-0.3, -0.25) is 4.98 Å². The first-order valence-electron chi connectivity index (χ1n) is 8.99. The van der Waals surface area contributed by atoms with Gasteiger partial charge in [-0.05, 0) is 64.0 Å². The summed E-state index contributed by atoms with van der Waals surface area (Å²) >= 11 is 0. The molecule has 1 aliphatic carbocycles. The van der Waals surface area contributed by atoms with E-state index in [1.54, 1.807) is 0 Å². The third kappa shape index (κ3) is 4.84. The molecule has 3 rings (SSSR count). The average Bonchev–Trinajstić information content (AvgIpc) is 2.54. The maximum Gasteiger partial charge on any atom is 0.407 e. The molecule has 5 heteroatoms. The van der Waals surface area contributed by atoms with Crippen molar-refractivity contribution in [3.63, 3.8) is 0 Å². The number of anilines is 1. The fraction of sp³-hybridized carbons (Fsp3) is 0.500. The molecule has 0 spiro atoms. The van der Waals surface area contributed by atoms with Gasteiger partial charge in [0.25, 0.3) is 0 Å².